The van der Waals surface area contributed by atoms with E-state index in [0.717, 1.165) is 0 Å². The molecule has 2 N–H and O–H groups in total. The first-order chi connectivity index (χ1) is 5.45. The minimum Gasteiger partial charge on any atom is -0.450 e. The molecule has 0 amide bonds. The molecule has 0 saturated heterocycles. The Bertz CT molecular complexity index is 153. The van der Waals surface area contributed by atoms with Crippen molar-refractivity contribution in [3.8, 4) is 0 Å². The van der Waals surface area contributed by atoms with Gasteiger partial charge >= 0.3 is 6.16 Å². The first-order valence-corrected chi connectivity index (χ1v) is 2.50. The van der Waals surface area contributed by atoms with Gasteiger partial charge in [-0.25, -0.2) is 22.4 Å². The van der Waals surface area contributed by atoms with Crippen molar-refractivity contribution >= 4 is 6.16 Å². The zero-order valence-electron chi connectivity index (χ0n) is 5.68. The van der Waals surface area contributed by atoms with Crippen LogP contribution in [0, 0.1) is 0 Å². The number of carboxylic acid groups (broad SMARTS) is 2. The van der Waals surface area contributed by atoms with Crippen molar-refractivity contribution in [3.05, 3.63) is 11.9 Å². The zero-order chi connectivity index (χ0) is 10.1. The molecule has 0 aliphatic rings. The first-order valence-electron chi connectivity index (χ1n) is 2.50. The number of carbonyl (C=O) groups is 1. The lowest BCUT2D eigenvalue weighted by Gasteiger charge is -1.93. The molecular formula is C5H6F4O3. The van der Waals surface area contributed by atoms with Gasteiger partial charge in [-0.2, -0.15) is 0 Å². The highest BCUT2D eigenvalue weighted by Gasteiger charge is 2.09. The third-order valence-electron chi connectivity index (χ3n) is 0.575. The van der Waals surface area contributed by atoms with E-state index in [1.165, 1.54) is 0 Å². The van der Waals surface area contributed by atoms with E-state index in [-0.39, 0.29) is 0 Å². The predicted molar refractivity (Wildman–Crippen MR) is 31.8 cm³/mol. The molecule has 0 radical (unpaired) electrons. The fourth-order valence-electron chi connectivity index (χ4n) is 0.135. The van der Waals surface area contributed by atoms with Crippen LogP contribution in [0.15, 0.2) is 11.9 Å². The minimum atomic E-state index is -3.01. The Morgan fingerprint density at radius 1 is 1.42 bits per heavy atom. The molecule has 0 aromatic carbocycles. The van der Waals surface area contributed by atoms with Crippen LogP contribution < -0.4 is 0 Å². The summed E-state index contributed by atoms with van der Waals surface area (Å²) >= 11 is 0. The molecule has 0 fully saturated rings. The van der Waals surface area contributed by atoms with Gasteiger partial charge in [0.05, 0.1) is 11.9 Å². The van der Waals surface area contributed by atoms with Crippen LogP contribution in [0.4, 0.5) is 22.4 Å². The lowest BCUT2D eigenvalue weighted by molar-refractivity contribution is 0.137. The van der Waals surface area contributed by atoms with Gasteiger partial charge in [-0.15, -0.1) is 0 Å². The van der Waals surface area contributed by atoms with Crippen molar-refractivity contribution < 1.29 is 32.6 Å². The largest absolute Gasteiger partial charge is 0.503 e. The third kappa shape index (κ3) is 11.5. The number of allylic oxidation sites excluding steroid dienone is 1. The second-order valence-corrected chi connectivity index (χ2v) is 1.40. The van der Waals surface area contributed by atoms with Crippen molar-refractivity contribution in [1.82, 2.24) is 0 Å². The van der Waals surface area contributed by atoms with E-state index in [1.54, 1.807) is 0 Å². The number of alkyl halides is 3. The molecule has 0 aliphatic carbocycles. The van der Waals surface area contributed by atoms with Gasteiger partial charge in [0.1, 0.15) is 6.67 Å². The maximum atomic E-state index is 11.2. The molecule has 0 saturated carbocycles. The van der Waals surface area contributed by atoms with Gasteiger partial charge in [0.2, 0.25) is 0 Å². The van der Waals surface area contributed by atoms with Crippen LogP contribution in [0.3, 0.4) is 0 Å². The van der Waals surface area contributed by atoms with Crippen LogP contribution in [0.2, 0.25) is 0 Å². The summed E-state index contributed by atoms with van der Waals surface area (Å²) in [5.41, 5.74) is -1.11. The highest BCUT2D eigenvalue weighted by atomic mass is 19.3. The fraction of sp³-hybridized carbons (Fsp3) is 0.400. The molecule has 0 aromatic heterocycles. The molecule has 0 unspecified atom stereocenters. The average molecular weight is 190 g/mol. The normalized spacial score (nSPS) is 10.6. The molecular weight excluding hydrogens is 184 g/mol. The molecule has 3 nitrogen and oxygen atoms in total. The molecule has 7 heteroatoms. The number of hydrogen-bond donors (Lipinski definition) is 2. The Hall–Kier alpha value is -1.27. The van der Waals surface area contributed by atoms with E-state index in [2.05, 4.69) is 0 Å². The van der Waals surface area contributed by atoms with E-state index in [4.69, 9.17) is 15.0 Å². The summed E-state index contributed by atoms with van der Waals surface area (Å²) in [6, 6.07) is 0. The Kier molecular flexibility index (Phi) is 8.70. The van der Waals surface area contributed by atoms with Gasteiger partial charge < -0.3 is 10.2 Å². The van der Waals surface area contributed by atoms with Crippen LogP contribution in [0.5, 0.6) is 0 Å². The molecule has 0 heterocycles. The highest BCUT2D eigenvalue weighted by Crippen LogP contribution is 2.08. The second-order valence-electron chi connectivity index (χ2n) is 1.40. The van der Waals surface area contributed by atoms with E-state index in [9.17, 15) is 17.6 Å². The Morgan fingerprint density at radius 3 is 1.75 bits per heavy atom. The highest BCUT2D eigenvalue weighted by molar-refractivity contribution is 5.53. The summed E-state index contributed by atoms with van der Waals surface area (Å²) in [5, 5.41) is 13.9. The van der Waals surface area contributed by atoms with Crippen molar-refractivity contribution in [2.45, 2.75) is 6.43 Å². The summed E-state index contributed by atoms with van der Waals surface area (Å²) in [6.07, 6.45) is -5.25. The van der Waals surface area contributed by atoms with E-state index >= 15 is 0 Å². The first kappa shape index (κ1) is 13.3. The molecule has 72 valence electrons. The van der Waals surface area contributed by atoms with Crippen LogP contribution in [0.25, 0.3) is 0 Å². The van der Waals surface area contributed by atoms with E-state index in [1.807, 2.05) is 0 Å². The van der Waals surface area contributed by atoms with Crippen molar-refractivity contribution in [3.63, 3.8) is 0 Å². The van der Waals surface area contributed by atoms with E-state index in [0.29, 0.717) is 0 Å². The molecule has 0 spiro atoms. The molecule has 0 bridgehead atoms. The molecule has 0 atom stereocenters. The Balaban J connectivity index is 0. The van der Waals surface area contributed by atoms with Gasteiger partial charge in [0.15, 0.2) is 0 Å². The number of rotatable bonds is 2. The van der Waals surface area contributed by atoms with E-state index < -0.39 is 31.2 Å². The van der Waals surface area contributed by atoms with Crippen LogP contribution in [-0.4, -0.2) is 29.5 Å². The standard InChI is InChI=1S/C4H4F4.CH2O3/c5-1-3(2-6)4(7)8;2-1(3)4/h1,4H,2H2;(H2,2,3,4). The molecule has 0 aliphatic heterocycles. The third-order valence-corrected chi connectivity index (χ3v) is 0.575. The predicted octanol–water partition coefficient (Wildman–Crippen LogP) is 2.30. The minimum absolute atomic E-state index is 0.412. The van der Waals surface area contributed by atoms with Gasteiger partial charge in [-0.3, -0.25) is 0 Å². The molecule has 0 aromatic rings. The quantitative estimate of drug-likeness (QED) is 0.656. The van der Waals surface area contributed by atoms with Crippen LogP contribution in [0.1, 0.15) is 0 Å². The summed E-state index contributed by atoms with van der Waals surface area (Å²) in [4.78, 5) is 8.56. The van der Waals surface area contributed by atoms with Gasteiger partial charge in [-0.05, 0) is 0 Å². The van der Waals surface area contributed by atoms with Crippen molar-refractivity contribution in [2.75, 3.05) is 6.67 Å². The molecule has 0 rings (SSSR count). The van der Waals surface area contributed by atoms with Gasteiger partial charge in [0.25, 0.3) is 6.43 Å². The smallest absolute Gasteiger partial charge is 0.450 e. The lowest BCUT2D eigenvalue weighted by Crippen LogP contribution is -1.97. The monoisotopic (exact) mass is 190 g/mol. The summed E-state index contributed by atoms with van der Waals surface area (Å²) in [5.74, 6) is 0. The van der Waals surface area contributed by atoms with Crippen LogP contribution in [-0.2, 0) is 0 Å². The lowest BCUT2D eigenvalue weighted by atomic mass is 10.3. The van der Waals surface area contributed by atoms with Gasteiger partial charge in [-0.1, -0.05) is 0 Å². The molecule has 12 heavy (non-hydrogen) atoms. The maximum Gasteiger partial charge on any atom is 0.503 e. The summed E-state index contributed by atoms with van der Waals surface area (Å²) in [6.45, 7) is -1.42. The maximum absolute atomic E-state index is 11.2. The van der Waals surface area contributed by atoms with Crippen molar-refractivity contribution in [2.24, 2.45) is 0 Å². The zero-order valence-corrected chi connectivity index (χ0v) is 5.68. The topological polar surface area (TPSA) is 57.5 Å². The summed E-state index contributed by atoms with van der Waals surface area (Å²) in [7, 11) is 0. The summed E-state index contributed by atoms with van der Waals surface area (Å²) < 4.78 is 44.5. The van der Waals surface area contributed by atoms with Crippen LogP contribution >= 0.6 is 0 Å². The van der Waals surface area contributed by atoms with Crippen molar-refractivity contribution in [1.29, 1.82) is 0 Å². The SMILES string of the molecule is FC=C(CF)C(F)F.O=C(O)O. The number of halogens is 4. The number of hydrogen-bond acceptors (Lipinski definition) is 1. The Morgan fingerprint density at radius 2 is 1.75 bits per heavy atom. The Labute approximate surface area is 64.9 Å². The average Bonchev–Trinajstić information content (AvgIpc) is 1.87. The van der Waals surface area contributed by atoms with Gasteiger partial charge in [0, 0.05) is 0 Å². The second kappa shape index (κ2) is 7.83. The fourth-order valence-corrected chi connectivity index (χ4v) is 0.135.